The molecule has 1 saturated carbocycles. The monoisotopic (exact) mass is 536 g/mol. The smallest absolute Gasteiger partial charge is 0.233 e. The summed E-state index contributed by atoms with van der Waals surface area (Å²) < 4.78 is 0. The number of carbonyl (C=O) groups is 2. The molecule has 3 aliphatic rings. The third-order valence-corrected chi connectivity index (χ3v) is 6.67. The fourth-order valence-electron chi connectivity index (χ4n) is 5.12. The van der Waals surface area contributed by atoms with Gasteiger partial charge in [-0.05, 0) is 37.7 Å². The van der Waals surface area contributed by atoms with Gasteiger partial charge in [0.25, 0.3) is 0 Å². The molecule has 2 bridgehead atoms. The fraction of sp³-hybridized carbons (Fsp3) is 0.542. The van der Waals surface area contributed by atoms with Crippen LogP contribution in [-0.2, 0) is 9.59 Å². The average molecular weight is 536 g/mol. The van der Waals surface area contributed by atoms with Gasteiger partial charge in [-0.2, -0.15) is 0 Å². The van der Waals surface area contributed by atoms with Crippen molar-refractivity contribution in [3.05, 3.63) is 47.5 Å². The highest BCUT2D eigenvalue weighted by atomic mass is 127. The van der Waals surface area contributed by atoms with Gasteiger partial charge in [0.05, 0.1) is 11.8 Å². The molecular formula is C24H33IN4O2. The number of nitrogens with one attached hydrogen (secondary N) is 2. The summed E-state index contributed by atoms with van der Waals surface area (Å²) in [6, 6.07) is 8.51. The number of fused-ring (bicyclic) bond motifs is 5. The summed E-state index contributed by atoms with van der Waals surface area (Å²) in [5.74, 6) is 1.33. The number of aryl methyl sites for hydroxylation is 1. The maximum absolute atomic E-state index is 12.8. The summed E-state index contributed by atoms with van der Waals surface area (Å²) >= 11 is 0. The Bertz CT molecular complexity index is 854. The average Bonchev–Trinajstić information content (AvgIpc) is 3.41. The summed E-state index contributed by atoms with van der Waals surface area (Å²) in [6.45, 7) is 8.61. The molecule has 5 unspecified atom stereocenters. The summed E-state index contributed by atoms with van der Waals surface area (Å²) in [4.78, 5) is 31.7. The second-order valence-corrected chi connectivity index (χ2v) is 8.79. The Kier molecular flexibility index (Phi) is 7.78. The minimum atomic E-state index is -0.121. The molecule has 2 N–H and O–H groups in total. The molecule has 2 amide bonds. The molecule has 2 aliphatic carbocycles. The molecule has 1 saturated heterocycles. The van der Waals surface area contributed by atoms with Crippen molar-refractivity contribution in [2.45, 2.75) is 33.1 Å². The molecule has 1 aromatic carbocycles. The molecule has 7 heteroatoms. The lowest BCUT2D eigenvalue weighted by molar-refractivity contribution is -0.140. The highest BCUT2D eigenvalue weighted by Crippen LogP contribution is 2.52. The summed E-state index contributed by atoms with van der Waals surface area (Å²) in [7, 11) is 0. The van der Waals surface area contributed by atoms with E-state index < -0.39 is 0 Å². The SMILES string of the molecule is CCNC(=NCC(C)c1cccc(C)c1)NCCN1C(=O)C2C3C=CC(C3)C2C1=O.I. The fourth-order valence-corrected chi connectivity index (χ4v) is 5.12. The van der Waals surface area contributed by atoms with Crippen molar-refractivity contribution in [2.24, 2.45) is 28.7 Å². The molecular weight excluding hydrogens is 503 g/mol. The summed E-state index contributed by atoms with van der Waals surface area (Å²) in [5.41, 5.74) is 2.53. The van der Waals surface area contributed by atoms with Crippen LogP contribution in [0.4, 0.5) is 0 Å². The van der Waals surface area contributed by atoms with E-state index in [9.17, 15) is 9.59 Å². The number of benzene rings is 1. The lowest BCUT2D eigenvalue weighted by atomic mass is 9.85. The molecule has 1 heterocycles. The first-order chi connectivity index (χ1) is 14.5. The van der Waals surface area contributed by atoms with E-state index in [4.69, 9.17) is 4.99 Å². The van der Waals surface area contributed by atoms with Gasteiger partial charge in [-0.25, -0.2) is 0 Å². The standard InChI is InChI=1S/C24H32N4O2.HI/c1-4-25-24(27-14-16(3)17-7-5-6-15(2)12-17)26-10-11-28-22(29)20-18-8-9-19(13-18)21(20)23(28)30;/h5-9,12,16,18-21H,4,10-11,13-14H2,1-3H3,(H2,25,26,27);1H. The second kappa shape index (κ2) is 10.1. The number of likely N-dealkylation sites (tertiary alicyclic amines) is 1. The molecule has 4 rings (SSSR count). The van der Waals surface area contributed by atoms with Crippen LogP contribution < -0.4 is 10.6 Å². The van der Waals surface area contributed by atoms with Crippen LogP contribution in [0.3, 0.4) is 0 Å². The van der Waals surface area contributed by atoms with Gasteiger partial charge in [0.2, 0.25) is 11.8 Å². The van der Waals surface area contributed by atoms with Crippen LogP contribution in [0.25, 0.3) is 0 Å². The van der Waals surface area contributed by atoms with Gasteiger partial charge in [0, 0.05) is 32.1 Å². The van der Waals surface area contributed by atoms with Crippen molar-refractivity contribution in [2.75, 3.05) is 26.2 Å². The Balaban J connectivity index is 0.00000272. The molecule has 0 radical (unpaired) electrons. The minimum Gasteiger partial charge on any atom is -0.357 e. The lowest BCUT2D eigenvalue weighted by Gasteiger charge is -2.19. The number of allylic oxidation sites excluding steroid dienone is 2. The van der Waals surface area contributed by atoms with Gasteiger partial charge in [-0.3, -0.25) is 19.5 Å². The highest BCUT2D eigenvalue weighted by Gasteiger charge is 2.58. The number of guanidine groups is 1. The predicted molar refractivity (Wildman–Crippen MR) is 133 cm³/mol. The Morgan fingerprint density at radius 1 is 1.16 bits per heavy atom. The van der Waals surface area contributed by atoms with Crippen LogP contribution in [0.5, 0.6) is 0 Å². The number of hydrogen-bond donors (Lipinski definition) is 2. The van der Waals surface area contributed by atoms with Crippen LogP contribution in [0, 0.1) is 30.6 Å². The zero-order valence-corrected chi connectivity index (χ0v) is 20.8. The molecule has 0 aromatic heterocycles. The van der Waals surface area contributed by atoms with Gasteiger partial charge < -0.3 is 10.6 Å². The van der Waals surface area contributed by atoms with E-state index >= 15 is 0 Å². The van der Waals surface area contributed by atoms with E-state index in [0.29, 0.717) is 25.6 Å². The van der Waals surface area contributed by atoms with Crippen molar-refractivity contribution in [1.29, 1.82) is 0 Å². The molecule has 5 atom stereocenters. The number of aliphatic imine (C=N–C) groups is 1. The van der Waals surface area contributed by atoms with E-state index in [1.165, 1.54) is 16.0 Å². The zero-order valence-electron chi connectivity index (χ0n) is 18.5. The third-order valence-electron chi connectivity index (χ3n) is 6.67. The molecule has 6 nitrogen and oxygen atoms in total. The Morgan fingerprint density at radius 3 is 2.45 bits per heavy atom. The van der Waals surface area contributed by atoms with Crippen molar-refractivity contribution in [3.8, 4) is 0 Å². The molecule has 0 spiro atoms. The van der Waals surface area contributed by atoms with Gasteiger partial charge >= 0.3 is 0 Å². The number of rotatable bonds is 7. The number of imide groups is 1. The second-order valence-electron chi connectivity index (χ2n) is 8.79. The van der Waals surface area contributed by atoms with Crippen LogP contribution >= 0.6 is 24.0 Å². The molecule has 2 fully saturated rings. The van der Waals surface area contributed by atoms with Gasteiger partial charge in [0.1, 0.15) is 0 Å². The molecule has 168 valence electrons. The van der Waals surface area contributed by atoms with E-state index in [2.05, 4.69) is 60.9 Å². The zero-order chi connectivity index (χ0) is 21.3. The summed E-state index contributed by atoms with van der Waals surface area (Å²) in [6.07, 6.45) is 5.23. The number of nitrogens with zero attached hydrogens (tertiary/aromatic N) is 2. The predicted octanol–water partition coefficient (Wildman–Crippen LogP) is 3.08. The number of amides is 2. The molecule has 1 aliphatic heterocycles. The van der Waals surface area contributed by atoms with Crippen LogP contribution in [0.2, 0.25) is 0 Å². The normalized spacial score (nSPS) is 27.3. The Labute approximate surface area is 202 Å². The van der Waals surface area contributed by atoms with E-state index in [1.54, 1.807) is 0 Å². The third kappa shape index (κ3) is 4.81. The molecule has 31 heavy (non-hydrogen) atoms. The van der Waals surface area contributed by atoms with Crippen molar-refractivity contribution < 1.29 is 9.59 Å². The van der Waals surface area contributed by atoms with Gasteiger partial charge in [-0.15, -0.1) is 24.0 Å². The van der Waals surface area contributed by atoms with Crippen molar-refractivity contribution >= 4 is 41.8 Å². The topological polar surface area (TPSA) is 73.8 Å². The summed E-state index contributed by atoms with van der Waals surface area (Å²) in [5, 5.41) is 6.54. The number of halogens is 1. The quantitative estimate of drug-likeness (QED) is 0.185. The van der Waals surface area contributed by atoms with E-state index in [-0.39, 0.29) is 59.5 Å². The maximum atomic E-state index is 12.8. The lowest BCUT2D eigenvalue weighted by Crippen LogP contribution is -2.43. The molecule has 1 aromatic rings. The Morgan fingerprint density at radius 2 is 1.84 bits per heavy atom. The van der Waals surface area contributed by atoms with Crippen LogP contribution in [-0.4, -0.2) is 48.9 Å². The largest absolute Gasteiger partial charge is 0.357 e. The van der Waals surface area contributed by atoms with Gasteiger partial charge in [0.15, 0.2) is 5.96 Å². The number of hydrogen-bond acceptors (Lipinski definition) is 3. The first-order valence-corrected chi connectivity index (χ1v) is 11.1. The van der Waals surface area contributed by atoms with Gasteiger partial charge in [-0.1, -0.05) is 48.9 Å². The van der Waals surface area contributed by atoms with Crippen LogP contribution in [0.1, 0.15) is 37.3 Å². The van der Waals surface area contributed by atoms with E-state index in [1.807, 2.05) is 6.92 Å². The first kappa shape index (κ1) is 23.8. The first-order valence-electron chi connectivity index (χ1n) is 11.1. The Hall–Kier alpha value is -1.90. The van der Waals surface area contributed by atoms with Crippen molar-refractivity contribution in [3.63, 3.8) is 0 Å². The minimum absolute atomic E-state index is 0. The number of carbonyl (C=O) groups excluding carboxylic acids is 2. The van der Waals surface area contributed by atoms with Crippen molar-refractivity contribution in [1.82, 2.24) is 15.5 Å². The van der Waals surface area contributed by atoms with E-state index in [0.717, 1.165) is 18.9 Å². The maximum Gasteiger partial charge on any atom is 0.233 e. The van der Waals surface area contributed by atoms with Crippen LogP contribution in [0.15, 0.2) is 41.4 Å². The highest BCUT2D eigenvalue weighted by molar-refractivity contribution is 14.0.